The van der Waals surface area contributed by atoms with E-state index in [1.807, 2.05) is 12.2 Å². The van der Waals surface area contributed by atoms with E-state index in [-0.39, 0.29) is 12.8 Å². The van der Waals surface area contributed by atoms with Crippen LogP contribution in [0.25, 0.3) is 0 Å². The first-order valence-electron chi connectivity index (χ1n) is 6.03. The Bertz CT molecular complexity index is 404. The summed E-state index contributed by atoms with van der Waals surface area (Å²) in [6.07, 6.45) is 7.05. The minimum absolute atomic E-state index is 0.0788. The molecule has 0 aromatic heterocycles. The van der Waals surface area contributed by atoms with E-state index in [0.29, 0.717) is 11.1 Å². The lowest BCUT2D eigenvalue weighted by molar-refractivity contribution is -0.141. The zero-order valence-corrected chi connectivity index (χ0v) is 10.5. The number of hydrogen-bond donors (Lipinski definition) is 1. The van der Waals surface area contributed by atoms with E-state index in [1.54, 1.807) is 6.08 Å². The van der Waals surface area contributed by atoms with Crippen LogP contribution in [0.15, 0.2) is 36.0 Å². The molecule has 0 saturated heterocycles. The van der Waals surface area contributed by atoms with E-state index in [4.69, 9.17) is 9.84 Å². The molecule has 0 aromatic rings. The highest BCUT2D eigenvalue weighted by molar-refractivity contribution is 5.91. The minimum Gasteiger partial charge on any atom is -0.481 e. The zero-order chi connectivity index (χ0) is 13.5. The van der Waals surface area contributed by atoms with Gasteiger partial charge in [0.25, 0.3) is 0 Å². The Morgan fingerprint density at radius 2 is 2.33 bits per heavy atom. The van der Waals surface area contributed by atoms with Gasteiger partial charge in [-0.25, -0.2) is 4.79 Å². The fourth-order valence-corrected chi connectivity index (χ4v) is 1.60. The largest absolute Gasteiger partial charge is 0.481 e. The Balaban J connectivity index is 2.65. The predicted molar refractivity (Wildman–Crippen MR) is 68.0 cm³/mol. The third-order valence-electron chi connectivity index (χ3n) is 2.60. The van der Waals surface area contributed by atoms with Gasteiger partial charge in [0.05, 0.1) is 0 Å². The molecule has 0 aliphatic carbocycles. The van der Waals surface area contributed by atoms with Gasteiger partial charge >= 0.3 is 11.9 Å². The molecule has 0 saturated carbocycles. The molecule has 0 spiro atoms. The quantitative estimate of drug-likeness (QED) is 0.581. The number of hydrogen-bond acceptors (Lipinski definition) is 3. The van der Waals surface area contributed by atoms with Gasteiger partial charge in [-0.1, -0.05) is 26.0 Å². The molecule has 1 unspecified atom stereocenters. The van der Waals surface area contributed by atoms with Crippen LogP contribution < -0.4 is 0 Å². The number of cyclic esters (lactones) is 1. The Kier molecular flexibility index (Phi) is 5.36. The standard InChI is InChI=1S/C14H18O4/c1-3-4-5-6-12-10(2)9-11(14(17)18-12)7-8-13(15)16/h5-6,9,12H,2-4,7-8H2,1H3,(H,15,16)/b6-5+. The summed E-state index contributed by atoms with van der Waals surface area (Å²) >= 11 is 0. The van der Waals surface area contributed by atoms with Crippen molar-refractivity contribution >= 4 is 11.9 Å². The van der Waals surface area contributed by atoms with Gasteiger partial charge in [0, 0.05) is 12.0 Å². The average molecular weight is 250 g/mol. The molecule has 0 fully saturated rings. The molecule has 0 radical (unpaired) electrons. The molecule has 1 aliphatic rings. The fraction of sp³-hybridized carbons (Fsp3) is 0.429. The number of aliphatic carboxylic acids is 1. The normalized spacial score (nSPS) is 19.8. The summed E-state index contributed by atoms with van der Waals surface area (Å²) in [5.74, 6) is -1.38. The smallest absolute Gasteiger partial charge is 0.334 e. The van der Waals surface area contributed by atoms with Crippen molar-refractivity contribution in [3.05, 3.63) is 36.0 Å². The molecule has 1 N–H and O–H groups in total. The number of unbranched alkanes of at least 4 members (excludes halogenated alkanes) is 1. The summed E-state index contributed by atoms with van der Waals surface area (Å²) in [6.45, 7) is 5.90. The zero-order valence-electron chi connectivity index (χ0n) is 10.5. The Morgan fingerprint density at radius 1 is 1.61 bits per heavy atom. The van der Waals surface area contributed by atoms with Gasteiger partial charge in [0.15, 0.2) is 0 Å². The van der Waals surface area contributed by atoms with E-state index in [1.165, 1.54) is 0 Å². The predicted octanol–water partition coefficient (Wildman–Crippen LogP) is 2.62. The first kappa shape index (κ1) is 14.2. The molecule has 0 aromatic carbocycles. The highest BCUT2D eigenvalue weighted by Gasteiger charge is 2.23. The highest BCUT2D eigenvalue weighted by Crippen LogP contribution is 2.22. The monoisotopic (exact) mass is 250 g/mol. The molecule has 0 bridgehead atoms. The maximum Gasteiger partial charge on any atom is 0.334 e. The Morgan fingerprint density at radius 3 is 2.94 bits per heavy atom. The third kappa shape index (κ3) is 4.20. The lowest BCUT2D eigenvalue weighted by atomic mass is 10.0. The van der Waals surface area contributed by atoms with Gasteiger partial charge < -0.3 is 9.84 Å². The molecular weight excluding hydrogens is 232 g/mol. The Hall–Kier alpha value is -1.84. The van der Waals surface area contributed by atoms with Gasteiger partial charge in [-0.2, -0.15) is 0 Å². The van der Waals surface area contributed by atoms with Crippen LogP contribution in [-0.2, 0) is 14.3 Å². The topological polar surface area (TPSA) is 63.6 Å². The minimum atomic E-state index is -0.931. The Labute approximate surface area is 107 Å². The van der Waals surface area contributed by atoms with Crippen LogP contribution in [0.5, 0.6) is 0 Å². The number of carboxylic acids is 1. The van der Waals surface area contributed by atoms with Crippen molar-refractivity contribution in [1.82, 2.24) is 0 Å². The number of ether oxygens (including phenoxy) is 1. The lowest BCUT2D eigenvalue weighted by Gasteiger charge is -2.21. The first-order valence-corrected chi connectivity index (χ1v) is 6.03. The molecular formula is C14H18O4. The van der Waals surface area contributed by atoms with Crippen LogP contribution in [-0.4, -0.2) is 23.1 Å². The molecule has 1 atom stereocenters. The van der Waals surface area contributed by atoms with Crippen molar-refractivity contribution in [1.29, 1.82) is 0 Å². The number of carbonyl (C=O) groups excluding carboxylic acids is 1. The molecule has 0 amide bonds. The van der Waals surface area contributed by atoms with Crippen molar-refractivity contribution in [3.63, 3.8) is 0 Å². The molecule has 98 valence electrons. The van der Waals surface area contributed by atoms with E-state index in [2.05, 4.69) is 13.5 Å². The number of carbonyl (C=O) groups is 2. The van der Waals surface area contributed by atoms with Crippen molar-refractivity contribution < 1.29 is 19.4 Å². The van der Waals surface area contributed by atoms with Crippen LogP contribution in [0.3, 0.4) is 0 Å². The van der Waals surface area contributed by atoms with E-state index in [0.717, 1.165) is 12.8 Å². The fourth-order valence-electron chi connectivity index (χ4n) is 1.60. The van der Waals surface area contributed by atoms with Crippen LogP contribution in [0.1, 0.15) is 32.6 Å². The lowest BCUT2D eigenvalue weighted by Crippen LogP contribution is -2.24. The molecule has 4 heteroatoms. The van der Waals surface area contributed by atoms with Crippen LogP contribution in [0, 0.1) is 0 Å². The van der Waals surface area contributed by atoms with Crippen LogP contribution >= 0.6 is 0 Å². The SMILES string of the molecule is C=C1C=C(CCC(=O)O)C(=O)OC1/C=C/CCC. The maximum absolute atomic E-state index is 11.6. The van der Waals surface area contributed by atoms with E-state index < -0.39 is 18.0 Å². The average Bonchev–Trinajstić information content (AvgIpc) is 2.31. The van der Waals surface area contributed by atoms with Gasteiger partial charge in [0.2, 0.25) is 0 Å². The summed E-state index contributed by atoms with van der Waals surface area (Å²) in [5.41, 5.74) is 1.06. The van der Waals surface area contributed by atoms with Crippen molar-refractivity contribution in [2.24, 2.45) is 0 Å². The summed E-state index contributed by atoms with van der Waals surface area (Å²) in [4.78, 5) is 22.1. The molecule has 18 heavy (non-hydrogen) atoms. The third-order valence-corrected chi connectivity index (χ3v) is 2.60. The number of esters is 1. The summed E-state index contributed by atoms with van der Waals surface area (Å²) in [5, 5.41) is 8.58. The van der Waals surface area contributed by atoms with Gasteiger partial charge in [-0.05, 0) is 30.6 Å². The number of rotatable bonds is 6. The molecule has 1 rings (SSSR count). The van der Waals surface area contributed by atoms with E-state index >= 15 is 0 Å². The number of carboxylic acid groups (broad SMARTS) is 1. The van der Waals surface area contributed by atoms with Gasteiger partial charge in [-0.3, -0.25) is 4.79 Å². The second-order valence-corrected chi connectivity index (χ2v) is 4.18. The van der Waals surface area contributed by atoms with Crippen molar-refractivity contribution in [2.75, 3.05) is 0 Å². The van der Waals surface area contributed by atoms with Crippen molar-refractivity contribution in [2.45, 2.75) is 38.7 Å². The van der Waals surface area contributed by atoms with Crippen LogP contribution in [0.2, 0.25) is 0 Å². The molecule has 4 nitrogen and oxygen atoms in total. The molecule has 1 aliphatic heterocycles. The second kappa shape index (κ2) is 6.79. The molecule has 1 heterocycles. The highest BCUT2D eigenvalue weighted by atomic mass is 16.5. The van der Waals surface area contributed by atoms with Crippen LogP contribution in [0.4, 0.5) is 0 Å². The number of allylic oxidation sites excluding steroid dienone is 1. The summed E-state index contributed by atoms with van der Waals surface area (Å²) < 4.78 is 5.20. The van der Waals surface area contributed by atoms with Crippen molar-refractivity contribution in [3.8, 4) is 0 Å². The summed E-state index contributed by atoms with van der Waals surface area (Å²) in [6, 6.07) is 0. The van der Waals surface area contributed by atoms with Gasteiger partial charge in [-0.15, -0.1) is 0 Å². The second-order valence-electron chi connectivity index (χ2n) is 4.18. The maximum atomic E-state index is 11.6. The van der Waals surface area contributed by atoms with E-state index in [9.17, 15) is 9.59 Å². The van der Waals surface area contributed by atoms with Gasteiger partial charge in [0.1, 0.15) is 6.10 Å². The first-order chi connectivity index (χ1) is 8.54. The summed E-state index contributed by atoms with van der Waals surface area (Å²) in [7, 11) is 0.